The Hall–Kier alpha value is -2.99. The fourth-order valence-corrected chi connectivity index (χ4v) is 7.03. The van der Waals surface area contributed by atoms with E-state index in [1.54, 1.807) is 24.3 Å². The van der Waals surface area contributed by atoms with Crippen molar-refractivity contribution in [2.45, 2.75) is 44.9 Å². The number of hydrogen-bond acceptors (Lipinski definition) is 6. The van der Waals surface area contributed by atoms with E-state index in [4.69, 9.17) is 0 Å². The highest BCUT2D eigenvalue weighted by Gasteiger charge is 2.28. The first-order chi connectivity index (χ1) is 19.6. The molecule has 4 rings (SSSR count). The molecule has 0 aromatic heterocycles. The van der Waals surface area contributed by atoms with Crippen molar-refractivity contribution in [3.8, 4) is 0 Å². The number of nitrogens with one attached hydrogen (secondary N) is 3. The van der Waals surface area contributed by atoms with Crippen molar-refractivity contribution in [2.75, 3.05) is 35.0 Å². The van der Waals surface area contributed by atoms with Gasteiger partial charge < -0.3 is 21.1 Å². The SMILES string of the molecule is CCNc1cc(C(=O)N[C@@H](Cc2ccccc2)[C@H](O)CNCc2cc(F)cc(Br)c2)cc(N2CCCCS2(=O)=O)c1. The molecule has 1 amide bonds. The zero-order valence-electron chi connectivity index (χ0n) is 22.9. The number of carbonyl (C=O) groups is 1. The Morgan fingerprint density at radius 2 is 1.85 bits per heavy atom. The van der Waals surface area contributed by atoms with Gasteiger partial charge in [-0.3, -0.25) is 9.10 Å². The number of nitrogens with zero attached hydrogens (tertiary/aromatic N) is 1. The van der Waals surface area contributed by atoms with Crippen LogP contribution in [0.4, 0.5) is 15.8 Å². The van der Waals surface area contributed by atoms with E-state index in [-0.39, 0.29) is 18.1 Å². The monoisotopic (exact) mass is 646 g/mol. The second-order valence-corrected chi connectivity index (χ2v) is 13.1. The van der Waals surface area contributed by atoms with Crippen molar-refractivity contribution >= 4 is 43.2 Å². The second kappa shape index (κ2) is 14.3. The molecule has 3 aromatic carbocycles. The van der Waals surface area contributed by atoms with Crippen LogP contribution in [0.15, 0.2) is 71.2 Å². The van der Waals surface area contributed by atoms with Crippen molar-refractivity contribution in [2.24, 2.45) is 0 Å². The molecule has 2 atom stereocenters. The third-order valence-electron chi connectivity index (χ3n) is 6.88. The van der Waals surface area contributed by atoms with Crippen LogP contribution < -0.4 is 20.3 Å². The van der Waals surface area contributed by atoms with Gasteiger partial charge in [-0.25, -0.2) is 12.8 Å². The summed E-state index contributed by atoms with van der Waals surface area (Å²) in [4.78, 5) is 13.6. The van der Waals surface area contributed by atoms with Gasteiger partial charge in [-0.15, -0.1) is 0 Å². The third kappa shape index (κ3) is 8.75. The van der Waals surface area contributed by atoms with E-state index in [1.165, 1.54) is 16.4 Å². The number of sulfonamides is 1. The molecule has 11 heteroatoms. The van der Waals surface area contributed by atoms with Crippen LogP contribution in [0.5, 0.6) is 0 Å². The number of aliphatic hydroxyl groups is 1. The minimum atomic E-state index is -3.47. The number of amides is 1. The van der Waals surface area contributed by atoms with Crippen LogP contribution in [0, 0.1) is 5.82 Å². The normalized spacial score (nSPS) is 16.1. The Labute approximate surface area is 249 Å². The molecule has 1 fully saturated rings. The van der Waals surface area contributed by atoms with Crippen LogP contribution in [-0.2, 0) is 23.0 Å². The molecule has 1 heterocycles. The summed E-state index contributed by atoms with van der Waals surface area (Å²) in [7, 11) is -3.47. The highest BCUT2D eigenvalue weighted by molar-refractivity contribution is 9.10. The summed E-state index contributed by atoms with van der Waals surface area (Å²) in [6, 6.07) is 18.5. The van der Waals surface area contributed by atoms with Gasteiger partial charge in [0.05, 0.1) is 23.6 Å². The molecule has 0 unspecified atom stereocenters. The lowest BCUT2D eigenvalue weighted by Gasteiger charge is -2.29. The quantitative estimate of drug-likeness (QED) is 0.232. The van der Waals surface area contributed by atoms with Crippen LogP contribution in [-0.4, -0.2) is 57.0 Å². The average Bonchev–Trinajstić information content (AvgIpc) is 2.92. The van der Waals surface area contributed by atoms with Gasteiger partial charge in [0.15, 0.2) is 0 Å². The molecule has 1 saturated heterocycles. The molecular formula is C30H36BrFN4O4S. The van der Waals surface area contributed by atoms with Gasteiger partial charge in [0.1, 0.15) is 5.82 Å². The molecule has 1 aliphatic rings. The van der Waals surface area contributed by atoms with E-state index in [0.29, 0.717) is 59.5 Å². The highest BCUT2D eigenvalue weighted by Crippen LogP contribution is 2.28. The van der Waals surface area contributed by atoms with Gasteiger partial charge in [0.25, 0.3) is 5.91 Å². The Bertz CT molecular complexity index is 1420. The minimum Gasteiger partial charge on any atom is -0.390 e. The fraction of sp³-hybridized carbons (Fsp3) is 0.367. The predicted molar refractivity (Wildman–Crippen MR) is 164 cm³/mol. The van der Waals surface area contributed by atoms with Gasteiger partial charge in [-0.2, -0.15) is 0 Å². The standard InChI is InChI=1S/C30H36BrFN4O4S/c1-2-34-26-15-23(16-27(18-26)36-10-6-7-11-41(36,39)40)30(38)35-28(14-21-8-4-3-5-9-21)29(37)20-33-19-22-12-24(31)17-25(32)13-22/h3-5,8-9,12-13,15-18,28-29,33-34,37H,2,6-7,10-11,14,19-20H2,1H3,(H,35,38)/t28-,29+/m0/s1. The molecule has 220 valence electrons. The van der Waals surface area contributed by atoms with Crippen LogP contribution in [0.25, 0.3) is 0 Å². The molecule has 0 radical (unpaired) electrons. The first-order valence-electron chi connectivity index (χ1n) is 13.7. The van der Waals surface area contributed by atoms with E-state index < -0.39 is 28.1 Å². The summed E-state index contributed by atoms with van der Waals surface area (Å²) < 4.78 is 41.3. The van der Waals surface area contributed by atoms with Crippen LogP contribution in [0.1, 0.15) is 41.3 Å². The fourth-order valence-electron chi connectivity index (χ4n) is 4.89. The van der Waals surface area contributed by atoms with Crippen molar-refractivity contribution in [1.29, 1.82) is 0 Å². The van der Waals surface area contributed by atoms with E-state index >= 15 is 0 Å². The average molecular weight is 648 g/mol. The smallest absolute Gasteiger partial charge is 0.251 e. The molecule has 0 aliphatic carbocycles. The predicted octanol–water partition coefficient (Wildman–Crippen LogP) is 4.44. The molecule has 4 N–H and O–H groups in total. The van der Waals surface area contributed by atoms with Gasteiger partial charge in [0.2, 0.25) is 10.0 Å². The van der Waals surface area contributed by atoms with Crippen LogP contribution >= 0.6 is 15.9 Å². The summed E-state index contributed by atoms with van der Waals surface area (Å²) in [5.74, 6) is -0.706. The molecule has 0 saturated carbocycles. The molecule has 3 aromatic rings. The van der Waals surface area contributed by atoms with Crippen LogP contribution in [0.2, 0.25) is 0 Å². The second-order valence-electron chi connectivity index (χ2n) is 10.1. The third-order valence-corrected chi connectivity index (χ3v) is 9.21. The van der Waals surface area contributed by atoms with Crippen LogP contribution in [0.3, 0.4) is 0 Å². The Balaban J connectivity index is 1.53. The first kappa shape index (κ1) is 31.0. The van der Waals surface area contributed by atoms with E-state index in [0.717, 1.165) is 12.0 Å². The van der Waals surface area contributed by atoms with Gasteiger partial charge >= 0.3 is 0 Å². The number of carbonyl (C=O) groups excluding carboxylic acids is 1. The summed E-state index contributed by atoms with van der Waals surface area (Å²) in [6.45, 7) is 3.37. The summed E-state index contributed by atoms with van der Waals surface area (Å²) in [6.07, 6.45) is 0.774. The minimum absolute atomic E-state index is 0.0743. The Morgan fingerprint density at radius 1 is 1.07 bits per heavy atom. The maximum absolute atomic E-state index is 13.8. The Kier molecular flexibility index (Phi) is 10.8. The van der Waals surface area contributed by atoms with E-state index in [2.05, 4.69) is 31.9 Å². The van der Waals surface area contributed by atoms with Gasteiger partial charge in [-0.05, 0) is 73.7 Å². The maximum atomic E-state index is 13.8. The summed E-state index contributed by atoms with van der Waals surface area (Å²) in [5.41, 5.74) is 3.03. The topological polar surface area (TPSA) is 111 Å². The highest BCUT2D eigenvalue weighted by atomic mass is 79.9. The van der Waals surface area contributed by atoms with Crippen molar-refractivity contribution < 1.29 is 22.7 Å². The molecular weight excluding hydrogens is 611 g/mol. The number of halogens is 2. The number of benzene rings is 3. The number of rotatable bonds is 12. The van der Waals surface area contributed by atoms with Crippen molar-refractivity contribution in [3.63, 3.8) is 0 Å². The number of hydrogen-bond donors (Lipinski definition) is 4. The van der Waals surface area contributed by atoms with Gasteiger partial charge in [0, 0.05) is 41.9 Å². The molecule has 0 spiro atoms. The molecule has 0 bridgehead atoms. The molecule has 1 aliphatic heterocycles. The number of anilines is 2. The van der Waals surface area contributed by atoms with Gasteiger partial charge in [-0.1, -0.05) is 46.3 Å². The van der Waals surface area contributed by atoms with Crippen molar-refractivity contribution in [1.82, 2.24) is 10.6 Å². The van der Waals surface area contributed by atoms with E-state index in [9.17, 15) is 22.7 Å². The summed E-state index contributed by atoms with van der Waals surface area (Å²) in [5, 5.41) is 20.5. The number of aliphatic hydroxyl groups excluding tert-OH is 1. The lowest BCUT2D eigenvalue weighted by atomic mass is 10.00. The van der Waals surface area contributed by atoms with Crippen molar-refractivity contribution in [3.05, 3.63) is 93.7 Å². The lowest BCUT2D eigenvalue weighted by molar-refractivity contribution is 0.0830. The maximum Gasteiger partial charge on any atom is 0.251 e. The zero-order chi connectivity index (χ0) is 29.4. The first-order valence-corrected chi connectivity index (χ1v) is 16.1. The van der Waals surface area contributed by atoms with E-state index in [1.807, 2.05) is 37.3 Å². The zero-order valence-corrected chi connectivity index (χ0v) is 25.3. The summed E-state index contributed by atoms with van der Waals surface area (Å²) >= 11 is 3.29. The largest absolute Gasteiger partial charge is 0.390 e. The molecule has 8 nitrogen and oxygen atoms in total. The Morgan fingerprint density at radius 3 is 2.56 bits per heavy atom. The lowest BCUT2D eigenvalue weighted by Crippen LogP contribution is -2.48. The molecule has 41 heavy (non-hydrogen) atoms.